The summed E-state index contributed by atoms with van der Waals surface area (Å²) in [4.78, 5) is 18.0. The topological polar surface area (TPSA) is 32.8 Å². The third-order valence-electron chi connectivity index (χ3n) is 6.25. The van der Waals surface area contributed by atoms with Crippen LogP contribution in [0, 0.1) is 6.92 Å². The van der Waals surface area contributed by atoms with E-state index < -0.39 is 0 Å². The van der Waals surface area contributed by atoms with Gasteiger partial charge in [-0.2, -0.15) is 0 Å². The van der Waals surface area contributed by atoms with Crippen LogP contribution in [-0.4, -0.2) is 41.9 Å². The van der Waals surface area contributed by atoms with Gasteiger partial charge >= 0.3 is 0 Å². The molecule has 0 saturated carbocycles. The van der Waals surface area contributed by atoms with Gasteiger partial charge in [0.2, 0.25) is 5.91 Å². The van der Waals surface area contributed by atoms with Gasteiger partial charge in [0.1, 0.15) is 5.75 Å². The Labute approximate surface area is 191 Å². The Balaban J connectivity index is 1.47. The molecule has 166 valence electrons. The van der Waals surface area contributed by atoms with E-state index in [0.29, 0.717) is 13.0 Å². The second kappa shape index (κ2) is 10.5. The number of carbonyl (C=O) groups excluding carboxylic acids is 1. The monoisotopic (exact) mass is 428 g/mol. The van der Waals surface area contributed by atoms with E-state index in [9.17, 15) is 4.79 Å². The standard InChI is InChI=1S/C28H32N2O2/c1-22-8-10-25(11-9-22)20-30(28(31)18-23-12-14-27(32-2)15-13-23)26-16-17-29(21-26)19-24-6-4-3-5-7-24/h3-15,26H,16-21H2,1-2H3. The Morgan fingerprint density at radius 2 is 1.62 bits per heavy atom. The van der Waals surface area contributed by atoms with Crippen LogP contribution in [0.4, 0.5) is 0 Å². The molecule has 1 fully saturated rings. The van der Waals surface area contributed by atoms with E-state index >= 15 is 0 Å². The van der Waals surface area contributed by atoms with E-state index in [1.54, 1.807) is 7.11 Å². The Morgan fingerprint density at radius 1 is 0.938 bits per heavy atom. The maximum absolute atomic E-state index is 13.5. The Kier molecular flexibility index (Phi) is 7.23. The summed E-state index contributed by atoms with van der Waals surface area (Å²) in [6.07, 6.45) is 1.41. The number of aryl methyl sites for hydroxylation is 1. The molecule has 1 aliphatic heterocycles. The number of benzene rings is 3. The molecule has 3 aromatic carbocycles. The van der Waals surface area contributed by atoms with Gasteiger partial charge in [0.05, 0.1) is 13.5 Å². The maximum atomic E-state index is 13.5. The fraction of sp³-hybridized carbons (Fsp3) is 0.321. The molecule has 1 aliphatic rings. The Morgan fingerprint density at radius 3 is 2.31 bits per heavy atom. The molecule has 1 heterocycles. The third-order valence-corrected chi connectivity index (χ3v) is 6.25. The zero-order chi connectivity index (χ0) is 22.3. The smallest absolute Gasteiger partial charge is 0.227 e. The van der Waals surface area contributed by atoms with Crippen LogP contribution >= 0.6 is 0 Å². The summed E-state index contributed by atoms with van der Waals surface area (Å²) in [7, 11) is 1.66. The Hall–Kier alpha value is -3.11. The first-order valence-electron chi connectivity index (χ1n) is 11.3. The predicted octanol–water partition coefficient (Wildman–Crippen LogP) is 4.85. The lowest BCUT2D eigenvalue weighted by atomic mass is 10.1. The molecule has 3 aromatic rings. The summed E-state index contributed by atoms with van der Waals surface area (Å²) >= 11 is 0. The number of carbonyl (C=O) groups is 1. The van der Waals surface area contributed by atoms with Crippen LogP contribution in [0.15, 0.2) is 78.9 Å². The summed E-state index contributed by atoms with van der Waals surface area (Å²) < 4.78 is 5.25. The second-order valence-electron chi connectivity index (χ2n) is 8.70. The minimum atomic E-state index is 0.183. The summed E-state index contributed by atoms with van der Waals surface area (Å²) in [5.41, 5.74) is 4.76. The number of likely N-dealkylation sites (tertiary alicyclic amines) is 1. The second-order valence-corrected chi connectivity index (χ2v) is 8.70. The van der Waals surface area contributed by atoms with Gasteiger partial charge in [-0.05, 0) is 42.2 Å². The lowest BCUT2D eigenvalue weighted by molar-refractivity contribution is -0.133. The SMILES string of the molecule is COc1ccc(CC(=O)N(Cc2ccc(C)cc2)C2CCN(Cc3ccccc3)C2)cc1. The molecule has 0 aliphatic carbocycles. The first kappa shape index (κ1) is 22.1. The molecular weight excluding hydrogens is 396 g/mol. The molecule has 0 radical (unpaired) electrons. The van der Waals surface area contributed by atoms with Gasteiger partial charge < -0.3 is 9.64 Å². The molecule has 0 bridgehead atoms. The molecule has 1 unspecified atom stereocenters. The molecule has 0 aromatic heterocycles. The van der Waals surface area contributed by atoms with Crippen molar-refractivity contribution >= 4 is 5.91 Å². The lowest BCUT2D eigenvalue weighted by Gasteiger charge is -2.30. The van der Waals surface area contributed by atoms with Crippen LogP contribution in [0.1, 0.15) is 28.7 Å². The van der Waals surface area contributed by atoms with Crippen LogP contribution in [-0.2, 0) is 24.3 Å². The molecule has 0 spiro atoms. The lowest BCUT2D eigenvalue weighted by Crippen LogP contribution is -2.42. The summed E-state index contributed by atoms with van der Waals surface area (Å²) in [6.45, 7) is 5.60. The molecule has 32 heavy (non-hydrogen) atoms. The fourth-order valence-corrected chi connectivity index (χ4v) is 4.38. The number of amides is 1. The summed E-state index contributed by atoms with van der Waals surface area (Å²) in [6, 6.07) is 27.1. The van der Waals surface area contributed by atoms with Crippen molar-refractivity contribution < 1.29 is 9.53 Å². The average molecular weight is 429 g/mol. The molecular formula is C28H32N2O2. The van der Waals surface area contributed by atoms with Crippen LogP contribution in [0.2, 0.25) is 0 Å². The number of methoxy groups -OCH3 is 1. The minimum absolute atomic E-state index is 0.183. The van der Waals surface area contributed by atoms with Crippen LogP contribution in [0.3, 0.4) is 0 Å². The van der Waals surface area contributed by atoms with Gasteiger partial charge in [0.15, 0.2) is 0 Å². The summed E-state index contributed by atoms with van der Waals surface area (Å²) in [5, 5.41) is 0. The number of hydrogen-bond acceptors (Lipinski definition) is 3. The first-order valence-corrected chi connectivity index (χ1v) is 11.3. The quantitative estimate of drug-likeness (QED) is 0.514. The third kappa shape index (κ3) is 5.77. The highest BCUT2D eigenvalue weighted by Gasteiger charge is 2.30. The number of nitrogens with zero attached hydrogens (tertiary/aromatic N) is 2. The fourth-order valence-electron chi connectivity index (χ4n) is 4.38. The van der Waals surface area contributed by atoms with Crippen LogP contribution in [0.25, 0.3) is 0 Å². The molecule has 0 N–H and O–H groups in total. The van der Waals surface area contributed by atoms with E-state index in [0.717, 1.165) is 37.4 Å². The molecule has 1 amide bonds. The minimum Gasteiger partial charge on any atom is -0.497 e. The van der Waals surface area contributed by atoms with Crippen LogP contribution < -0.4 is 4.74 Å². The van der Waals surface area contributed by atoms with Crippen molar-refractivity contribution in [2.24, 2.45) is 0 Å². The van der Waals surface area contributed by atoms with E-state index in [4.69, 9.17) is 4.74 Å². The van der Waals surface area contributed by atoms with Crippen molar-refractivity contribution in [3.8, 4) is 5.75 Å². The number of hydrogen-bond donors (Lipinski definition) is 0. The van der Waals surface area contributed by atoms with Crippen molar-refractivity contribution in [2.75, 3.05) is 20.2 Å². The van der Waals surface area contributed by atoms with Gasteiger partial charge in [0.25, 0.3) is 0 Å². The number of rotatable bonds is 8. The maximum Gasteiger partial charge on any atom is 0.227 e. The largest absolute Gasteiger partial charge is 0.497 e. The van der Waals surface area contributed by atoms with Crippen molar-refractivity contribution in [1.29, 1.82) is 0 Å². The van der Waals surface area contributed by atoms with Gasteiger partial charge in [-0.3, -0.25) is 9.69 Å². The Bertz CT molecular complexity index is 1000. The normalized spacial score (nSPS) is 16.1. The van der Waals surface area contributed by atoms with Crippen molar-refractivity contribution in [3.63, 3.8) is 0 Å². The van der Waals surface area contributed by atoms with Gasteiger partial charge in [-0.25, -0.2) is 0 Å². The van der Waals surface area contributed by atoms with Gasteiger partial charge in [-0.1, -0.05) is 72.3 Å². The van der Waals surface area contributed by atoms with E-state index in [-0.39, 0.29) is 11.9 Å². The molecule has 1 saturated heterocycles. The molecule has 4 heteroatoms. The highest BCUT2D eigenvalue weighted by molar-refractivity contribution is 5.79. The van der Waals surface area contributed by atoms with Gasteiger partial charge in [0, 0.05) is 32.2 Å². The first-order chi connectivity index (χ1) is 15.6. The zero-order valence-corrected chi connectivity index (χ0v) is 19.0. The highest BCUT2D eigenvalue weighted by Crippen LogP contribution is 2.22. The van der Waals surface area contributed by atoms with E-state index in [1.165, 1.54) is 16.7 Å². The number of ether oxygens (including phenoxy) is 1. The summed E-state index contributed by atoms with van der Waals surface area (Å²) in [5.74, 6) is 0.993. The van der Waals surface area contributed by atoms with E-state index in [2.05, 4.69) is 71.3 Å². The van der Waals surface area contributed by atoms with Crippen molar-refractivity contribution in [1.82, 2.24) is 9.80 Å². The van der Waals surface area contributed by atoms with Crippen molar-refractivity contribution in [3.05, 3.63) is 101 Å². The average Bonchev–Trinajstić information content (AvgIpc) is 3.27. The van der Waals surface area contributed by atoms with Gasteiger partial charge in [-0.15, -0.1) is 0 Å². The van der Waals surface area contributed by atoms with E-state index in [1.807, 2.05) is 24.3 Å². The molecule has 4 rings (SSSR count). The molecule has 4 nitrogen and oxygen atoms in total. The van der Waals surface area contributed by atoms with Crippen molar-refractivity contribution in [2.45, 2.75) is 38.9 Å². The highest BCUT2D eigenvalue weighted by atomic mass is 16.5. The predicted molar refractivity (Wildman–Crippen MR) is 129 cm³/mol. The zero-order valence-electron chi connectivity index (χ0n) is 19.0. The molecule has 1 atom stereocenters. The van der Waals surface area contributed by atoms with Crippen LogP contribution in [0.5, 0.6) is 5.75 Å².